The molecule has 2 rings (SSSR count). The highest BCUT2D eigenvalue weighted by Gasteiger charge is 2.30. The van der Waals surface area contributed by atoms with Gasteiger partial charge in [-0.3, -0.25) is 5.32 Å². The SMILES string of the molecule is CCc1nnc(NC(=O)N2CCSC(C)(C)C2)s1. The minimum Gasteiger partial charge on any atom is -0.322 e. The van der Waals surface area contributed by atoms with Gasteiger partial charge in [-0.1, -0.05) is 18.3 Å². The molecule has 1 aliphatic heterocycles. The quantitative estimate of drug-likeness (QED) is 0.907. The van der Waals surface area contributed by atoms with Crippen molar-refractivity contribution in [3.8, 4) is 0 Å². The second-order valence-corrected chi connectivity index (χ2v) is 7.68. The minimum atomic E-state index is -0.0674. The van der Waals surface area contributed by atoms with Crippen LogP contribution in [-0.4, -0.2) is 44.7 Å². The van der Waals surface area contributed by atoms with E-state index in [-0.39, 0.29) is 10.8 Å². The van der Waals surface area contributed by atoms with E-state index in [1.807, 2.05) is 23.6 Å². The predicted octanol–water partition coefficient (Wildman–Crippen LogP) is 2.46. The minimum absolute atomic E-state index is 0.0674. The standard InChI is InChI=1S/C11H18N4OS2/c1-4-8-13-14-9(18-8)12-10(16)15-5-6-17-11(2,3)7-15/h4-7H2,1-3H3,(H,12,14,16). The summed E-state index contributed by atoms with van der Waals surface area (Å²) in [5.74, 6) is 0.983. The Kier molecular flexibility index (Phi) is 4.11. The van der Waals surface area contributed by atoms with Gasteiger partial charge in [0, 0.05) is 23.6 Å². The summed E-state index contributed by atoms with van der Waals surface area (Å²) >= 11 is 3.35. The van der Waals surface area contributed by atoms with E-state index in [0.717, 1.165) is 30.3 Å². The molecule has 1 aliphatic rings. The molecule has 0 saturated carbocycles. The number of nitrogens with one attached hydrogen (secondary N) is 1. The van der Waals surface area contributed by atoms with E-state index in [9.17, 15) is 4.79 Å². The molecule has 1 N–H and O–H groups in total. The van der Waals surface area contributed by atoms with Crippen molar-refractivity contribution in [1.82, 2.24) is 15.1 Å². The largest absolute Gasteiger partial charge is 0.323 e. The number of carbonyl (C=O) groups excluding carboxylic acids is 1. The number of thioether (sulfide) groups is 1. The van der Waals surface area contributed by atoms with Crippen LogP contribution in [0.15, 0.2) is 0 Å². The van der Waals surface area contributed by atoms with Crippen molar-refractivity contribution in [2.75, 3.05) is 24.2 Å². The van der Waals surface area contributed by atoms with Gasteiger partial charge >= 0.3 is 6.03 Å². The van der Waals surface area contributed by atoms with Gasteiger partial charge in [-0.2, -0.15) is 11.8 Å². The highest BCUT2D eigenvalue weighted by molar-refractivity contribution is 8.00. The topological polar surface area (TPSA) is 58.1 Å². The molecule has 2 heterocycles. The monoisotopic (exact) mass is 286 g/mol. The molecule has 1 saturated heterocycles. The average Bonchev–Trinajstić information content (AvgIpc) is 2.75. The van der Waals surface area contributed by atoms with Gasteiger partial charge in [-0.05, 0) is 20.3 Å². The predicted molar refractivity (Wildman–Crippen MR) is 76.4 cm³/mol. The van der Waals surface area contributed by atoms with Crippen LogP contribution >= 0.6 is 23.1 Å². The van der Waals surface area contributed by atoms with E-state index in [4.69, 9.17) is 0 Å². The molecule has 5 nitrogen and oxygen atoms in total. The fraction of sp³-hybridized carbons (Fsp3) is 0.727. The van der Waals surface area contributed by atoms with Gasteiger partial charge in [-0.25, -0.2) is 4.79 Å². The Bertz CT molecular complexity index is 432. The molecular formula is C11H18N4OS2. The second kappa shape index (κ2) is 5.44. The third kappa shape index (κ3) is 3.35. The maximum atomic E-state index is 12.1. The third-order valence-corrected chi connectivity index (χ3v) is 4.98. The molecule has 0 bridgehead atoms. The van der Waals surface area contributed by atoms with E-state index in [2.05, 4.69) is 29.4 Å². The lowest BCUT2D eigenvalue weighted by Crippen LogP contribution is -2.47. The van der Waals surface area contributed by atoms with E-state index in [0.29, 0.717) is 5.13 Å². The van der Waals surface area contributed by atoms with Crippen LogP contribution in [0.4, 0.5) is 9.93 Å². The number of amides is 2. The molecule has 1 aromatic rings. The first-order valence-corrected chi connectivity index (χ1v) is 7.82. The lowest BCUT2D eigenvalue weighted by atomic mass is 10.2. The van der Waals surface area contributed by atoms with Crippen molar-refractivity contribution >= 4 is 34.3 Å². The van der Waals surface area contributed by atoms with Gasteiger partial charge in [-0.15, -0.1) is 10.2 Å². The first-order chi connectivity index (χ1) is 8.50. The van der Waals surface area contributed by atoms with Crippen molar-refractivity contribution in [3.05, 3.63) is 5.01 Å². The summed E-state index contributed by atoms with van der Waals surface area (Å²) in [5.41, 5.74) is 0. The van der Waals surface area contributed by atoms with Gasteiger partial charge in [0.15, 0.2) is 0 Å². The van der Waals surface area contributed by atoms with Crippen LogP contribution in [0.3, 0.4) is 0 Å². The van der Waals surface area contributed by atoms with Crippen LogP contribution in [0, 0.1) is 0 Å². The summed E-state index contributed by atoms with van der Waals surface area (Å²) in [6, 6.07) is -0.0674. The Labute approximate surface area is 115 Å². The highest BCUT2D eigenvalue weighted by atomic mass is 32.2. The molecule has 0 aliphatic carbocycles. The number of carbonyl (C=O) groups is 1. The van der Waals surface area contributed by atoms with Crippen LogP contribution in [0.5, 0.6) is 0 Å². The average molecular weight is 286 g/mol. The fourth-order valence-corrected chi connectivity index (χ4v) is 3.59. The molecular weight excluding hydrogens is 268 g/mol. The smallest absolute Gasteiger partial charge is 0.322 e. The molecule has 0 aromatic carbocycles. The normalized spacial score (nSPS) is 18.7. The van der Waals surface area contributed by atoms with Gasteiger partial charge in [0.05, 0.1) is 0 Å². The maximum Gasteiger partial charge on any atom is 0.323 e. The van der Waals surface area contributed by atoms with Crippen LogP contribution in [0.25, 0.3) is 0 Å². The second-order valence-electron chi connectivity index (χ2n) is 4.81. The van der Waals surface area contributed by atoms with E-state index in [1.165, 1.54) is 11.3 Å². The number of anilines is 1. The van der Waals surface area contributed by atoms with Crippen molar-refractivity contribution in [2.24, 2.45) is 0 Å². The van der Waals surface area contributed by atoms with E-state index < -0.39 is 0 Å². The third-order valence-electron chi connectivity index (χ3n) is 2.70. The number of urea groups is 1. The molecule has 18 heavy (non-hydrogen) atoms. The first kappa shape index (κ1) is 13.6. The molecule has 2 amide bonds. The molecule has 7 heteroatoms. The van der Waals surface area contributed by atoms with Gasteiger partial charge in [0.1, 0.15) is 5.01 Å². The number of hydrogen-bond acceptors (Lipinski definition) is 5. The van der Waals surface area contributed by atoms with Gasteiger partial charge in [0.25, 0.3) is 0 Å². The Morgan fingerprint density at radius 1 is 1.50 bits per heavy atom. The van der Waals surface area contributed by atoms with Crippen molar-refractivity contribution < 1.29 is 4.79 Å². The summed E-state index contributed by atoms with van der Waals surface area (Å²) in [6.45, 7) is 7.91. The molecule has 0 radical (unpaired) electrons. The summed E-state index contributed by atoms with van der Waals surface area (Å²) in [6.07, 6.45) is 0.848. The number of aromatic nitrogens is 2. The Morgan fingerprint density at radius 3 is 2.89 bits per heavy atom. The van der Waals surface area contributed by atoms with E-state index in [1.54, 1.807) is 0 Å². The molecule has 0 unspecified atom stereocenters. The van der Waals surface area contributed by atoms with Crippen LogP contribution < -0.4 is 5.32 Å². The van der Waals surface area contributed by atoms with Gasteiger partial charge in [0.2, 0.25) is 5.13 Å². The number of nitrogens with zero attached hydrogens (tertiary/aromatic N) is 3. The first-order valence-electron chi connectivity index (χ1n) is 6.02. The summed E-state index contributed by atoms with van der Waals surface area (Å²) < 4.78 is 0.130. The lowest BCUT2D eigenvalue weighted by molar-refractivity contribution is 0.208. The zero-order chi connectivity index (χ0) is 13.2. The summed E-state index contributed by atoms with van der Waals surface area (Å²) in [4.78, 5) is 13.9. The summed E-state index contributed by atoms with van der Waals surface area (Å²) in [5, 5.41) is 12.3. The van der Waals surface area contributed by atoms with Crippen molar-refractivity contribution in [3.63, 3.8) is 0 Å². The van der Waals surface area contributed by atoms with E-state index >= 15 is 0 Å². The maximum absolute atomic E-state index is 12.1. The lowest BCUT2D eigenvalue weighted by Gasteiger charge is -2.37. The van der Waals surface area contributed by atoms with Gasteiger partial charge < -0.3 is 4.90 Å². The molecule has 1 aromatic heterocycles. The zero-order valence-corrected chi connectivity index (χ0v) is 12.5. The van der Waals surface area contributed by atoms with Crippen LogP contribution in [0.1, 0.15) is 25.8 Å². The van der Waals surface area contributed by atoms with Crippen LogP contribution in [0.2, 0.25) is 0 Å². The Morgan fingerprint density at radius 2 is 2.28 bits per heavy atom. The fourth-order valence-electron chi connectivity index (χ4n) is 1.81. The van der Waals surface area contributed by atoms with Crippen molar-refractivity contribution in [1.29, 1.82) is 0 Å². The molecule has 1 fully saturated rings. The zero-order valence-electron chi connectivity index (χ0n) is 10.9. The van der Waals surface area contributed by atoms with Crippen molar-refractivity contribution in [2.45, 2.75) is 31.9 Å². The number of aryl methyl sites for hydroxylation is 1. The summed E-state index contributed by atoms with van der Waals surface area (Å²) in [7, 11) is 0. The Hall–Kier alpha value is -0.820. The molecule has 0 atom stereocenters. The Balaban J connectivity index is 1.95. The molecule has 100 valence electrons. The highest BCUT2D eigenvalue weighted by Crippen LogP contribution is 2.29. The number of hydrogen-bond donors (Lipinski definition) is 1. The molecule has 0 spiro atoms. The van der Waals surface area contributed by atoms with Crippen LogP contribution in [-0.2, 0) is 6.42 Å². The number of rotatable bonds is 2.